The van der Waals surface area contributed by atoms with Gasteiger partial charge in [0.15, 0.2) is 0 Å². The Morgan fingerprint density at radius 2 is 1.73 bits per heavy atom. The summed E-state index contributed by atoms with van der Waals surface area (Å²) < 4.78 is 0. The second-order valence-corrected chi connectivity index (χ2v) is 4.90. The van der Waals surface area contributed by atoms with Gasteiger partial charge in [0.25, 0.3) is 0 Å². The molecule has 0 saturated heterocycles. The second-order valence-electron chi connectivity index (χ2n) is 4.90. The maximum Gasteiger partial charge on any atom is 0.0693 e. The summed E-state index contributed by atoms with van der Waals surface area (Å²) in [7, 11) is 0. The van der Waals surface area contributed by atoms with Crippen molar-refractivity contribution in [2.75, 3.05) is 0 Å². The molecule has 0 aromatic heterocycles. The highest BCUT2D eigenvalue weighted by Gasteiger charge is 2.31. The Hall–Kier alpha value is -0.590. The Morgan fingerprint density at radius 1 is 1.00 bits per heavy atom. The molecule has 2 rings (SSSR count). The van der Waals surface area contributed by atoms with E-state index in [2.05, 4.69) is 11.4 Å². The minimum absolute atomic E-state index is 0.166. The molecule has 0 aromatic rings. The molecule has 0 bridgehead atoms. The summed E-state index contributed by atoms with van der Waals surface area (Å²) in [6.07, 6.45) is 7.41. The number of hydrogen-bond acceptors (Lipinski definition) is 3. The summed E-state index contributed by atoms with van der Waals surface area (Å²) in [5.41, 5.74) is 0. The van der Waals surface area contributed by atoms with Crippen LogP contribution in [0.5, 0.6) is 0 Å². The molecule has 3 nitrogen and oxygen atoms in total. The van der Waals surface area contributed by atoms with Crippen molar-refractivity contribution in [1.82, 2.24) is 5.32 Å². The zero-order valence-corrected chi connectivity index (χ0v) is 9.15. The van der Waals surface area contributed by atoms with E-state index in [1.54, 1.807) is 0 Å². The van der Waals surface area contributed by atoms with Gasteiger partial charge in [0.05, 0.1) is 18.1 Å². The molecule has 4 unspecified atom stereocenters. The lowest BCUT2D eigenvalue weighted by molar-refractivity contribution is 0.0834. The van der Waals surface area contributed by atoms with Crippen molar-refractivity contribution >= 4 is 0 Å². The molecular formula is C12H20N2O. The maximum atomic E-state index is 9.84. The molecule has 3 heteroatoms. The zero-order chi connectivity index (χ0) is 10.7. The fourth-order valence-electron chi connectivity index (χ4n) is 2.89. The molecule has 2 N–H and O–H groups in total. The minimum Gasteiger partial charge on any atom is -0.392 e. The SMILES string of the molecule is N#CC1CCCC1NC1CCCCC1O. The average Bonchev–Trinajstić information content (AvgIpc) is 2.69. The summed E-state index contributed by atoms with van der Waals surface area (Å²) in [6.45, 7) is 0. The van der Waals surface area contributed by atoms with Crippen LogP contribution in [0.3, 0.4) is 0 Å². The molecular weight excluding hydrogens is 188 g/mol. The monoisotopic (exact) mass is 208 g/mol. The first-order valence-electron chi connectivity index (χ1n) is 6.15. The van der Waals surface area contributed by atoms with Gasteiger partial charge in [0, 0.05) is 12.1 Å². The van der Waals surface area contributed by atoms with Gasteiger partial charge in [-0.1, -0.05) is 19.3 Å². The lowest BCUT2D eigenvalue weighted by Crippen LogP contribution is -2.48. The molecule has 0 heterocycles. The van der Waals surface area contributed by atoms with Crippen LogP contribution in [-0.4, -0.2) is 23.3 Å². The number of aliphatic hydroxyl groups is 1. The van der Waals surface area contributed by atoms with Crippen LogP contribution in [0.25, 0.3) is 0 Å². The fraction of sp³-hybridized carbons (Fsp3) is 0.917. The normalized spacial score (nSPS) is 41.3. The number of nitrogens with one attached hydrogen (secondary N) is 1. The molecule has 2 aliphatic rings. The van der Waals surface area contributed by atoms with Crippen molar-refractivity contribution in [2.24, 2.45) is 5.92 Å². The third kappa shape index (κ3) is 2.50. The first-order valence-corrected chi connectivity index (χ1v) is 6.15. The smallest absolute Gasteiger partial charge is 0.0693 e. The molecule has 0 aromatic carbocycles. The van der Waals surface area contributed by atoms with E-state index >= 15 is 0 Å². The minimum atomic E-state index is -0.196. The molecule has 0 amide bonds. The van der Waals surface area contributed by atoms with Gasteiger partial charge in [-0.05, 0) is 25.7 Å². The van der Waals surface area contributed by atoms with Crippen LogP contribution in [0, 0.1) is 17.2 Å². The summed E-state index contributed by atoms with van der Waals surface area (Å²) in [4.78, 5) is 0. The van der Waals surface area contributed by atoms with E-state index < -0.39 is 0 Å². The van der Waals surface area contributed by atoms with Crippen molar-refractivity contribution in [1.29, 1.82) is 5.26 Å². The van der Waals surface area contributed by atoms with Crippen LogP contribution >= 0.6 is 0 Å². The Balaban J connectivity index is 1.87. The Bertz CT molecular complexity index is 248. The van der Waals surface area contributed by atoms with Crippen molar-refractivity contribution in [3.8, 4) is 6.07 Å². The van der Waals surface area contributed by atoms with Gasteiger partial charge in [-0.15, -0.1) is 0 Å². The molecule has 0 radical (unpaired) electrons. The summed E-state index contributed by atoms with van der Waals surface area (Å²) in [5.74, 6) is 0.166. The molecule has 15 heavy (non-hydrogen) atoms. The van der Waals surface area contributed by atoms with Gasteiger partial charge in [-0.3, -0.25) is 0 Å². The van der Waals surface area contributed by atoms with Crippen LogP contribution in [0.15, 0.2) is 0 Å². The van der Waals surface area contributed by atoms with Crippen LogP contribution in [0.2, 0.25) is 0 Å². The third-order valence-electron chi connectivity index (χ3n) is 3.84. The van der Waals surface area contributed by atoms with Crippen LogP contribution in [0.1, 0.15) is 44.9 Å². The van der Waals surface area contributed by atoms with Gasteiger partial charge in [-0.2, -0.15) is 5.26 Å². The Morgan fingerprint density at radius 3 is 2.47 bits per heavy atom. The highest BCUT2D eigenvalue weighted by atomic mass is 16.3. The van der Waals surface area contributed by atoms with Gasteiger partial charge < -0.3 is 10.4 Å². The van der Waals surface area contributed by atoms with E-state index in [1.807, 2.05) is 0 Å². The number of hydrogen-bond donors (Lipinski definition) is 2. The van der Waals surface area contributed by atoms with Crippen molar-refractivity contribution in [2.45, 2.75) is 63.1 Å². The van der Waals surface area contributed by atoms with E-state index in [4.69, 9.17) is 5.26 Å². The molecule has 0 aliphatic heterocycles. The molecule has 2 saturated carbocycles. The van der Waals surface area contributed by atoms with Crippen LogP contribution < -0.4 is 5.32 Å². The largest absolute Gasteiger partial charge is 0.392 e. The fourth-order valence-corrected chi connectivity index (χ4v) is 2.89. The maximum absolute atomic E-state index is 9.84. The first kappa shape index (κ1) is 10.9. The number of nitrogens with zero attached hydrogens (tertiary/aromatic N) is 1. The Labute approximate surface area is 91.5 Å². The molecule has 0 spiro atoms. The van der Waals surface area contributed by atoms with E-state index in [1.165, 1.54) is 6.42 Å². The van der Waals surface area contributed by atoms with Crippen molar-refractivity contribution in [3.05, 3.63) is 0 Å². The van der Waals surface area contributed by atoms with E-state index in [-0.39, 0.29) is 18.1 Å². The quantitative estimate of drug-likeness (QED) is 0.724. The lowest BCUT2D eigenvalue weighted by atomic mass is 9.91. The molecule has 84 valence electrons. The Kier molecular flexibility index (Phi) is 3.61. The summed E-state index contributed by atoms with van der Waals surface area (Å²) >= 11 is 0. The number of aliphatic hydroxyl groups excluding tert-OH is 1. The number of nitriles is 1. The van der Waals surface area contributed by atoms with E-state index in [0.717, 1.165) is 38.5 Å². The zero-order valence-electron chi connectivity index (χ0n) is 9.15. The second kappa shape index (κ2) is 4.96. The molecule has 4 atom stereocenters. The highest BCUT2D eigenvalue weighted by Crippen LogP contribution is 2.27. The first-order chi connectivity index (χ1) is 7.31. The predicted octanol–water partition coefficient (Wildman–Crippen LogP) is 1.57. The van der Waals surface area contributed by atoms with Gasteiger partial charge in [0.1, 0.15) is 0 Å². The van der Waals surface area contributed by atoms with Crippen LogP contribution in [0.4, 0.5) is 0 Å². The highest BCUT2D eigenvalue weighted by molar-refractivity contribution is 4.98. The average molecular weight is 208 g/mol. The van der Waals surface area contributed by atoms with E-state index in [9.17, 15) is 5.11 Å². The van der Waals surface area contributed by atoms with E-state index in [0.29, 0.717) is 6.04 Å². The standard InChI is InChI=1S/C12H20N2O/c13-8-9-4-3-6-10(9)14-11-5-1-2-7-12(11)15/h9-12,14-15H,1-7H2. The third-order valence-corrected chi connectivity index (χ3v) is 3.84. The summed E-state index contributed by atoms with van der Waals surface area (Å²) in [6, 6.07) is 2.93. The molecule has 2 aliphatic carbocycles. The van der Waals surface area contributed by atoms with Gasteiger partial charge >= 0.3 is 0 Å². The van der Waals surface area contributed by atoms with Gasteiger partial charge in [0.2, 0.25) is 0 Å². The molecule has 2 fully saturated rings. The van der Waals surface area contributed by atoms with Crippen LogP contribution in [-0.2, 0) is 0 Å². The predicted molar refractivity (Wildman–Crippen MR) is 58.1 cm³/mol. The van der Waals surface area contributed by atoms with Crippen molar-refractivity contribution in [3.63, 3.8) is 0 Å². The van der Waals surface area contributed by atoms with Crippen molar-refractivity contribution < 1.29 is 5.11 Å². The topological polar surface area (TPSA) is 56.0 Å². The summed E-state index contributed by atoms with van der Waals surface area (Å²) in [5, 5.41) is 22.3. The lowest BCUT2D eigenvalue weighted by Gasteiger charge is -2.31. The van der Waals surface area contributed by atoms with Gasteiger partial charge in [-0.25, -0.2) is 0 Å². The number of rotatable bonds is 2.